The first-order valence-electron chi connectivity index (χ1n) is 7.31. The molecule has 0 amide bonds. The van der Waals surface area contributed by atoms with Crippen LogP contribution < -0.4 is 10.6 Å². The quantitative estimate of drug-likeness (QED) is 0.392. The Labute approximate surface area is 149 Å². The van der Waals surface area contributed by atoms with Crippen LogP contribution in [0.3, 0.4) is 0 Å². The molecule has 0 bridgehead atoms. The van der Waals surface area contributed by atoms with Crippen molar-refractivity contribution in [1.82, 2.24) is 5.32 Å². The Morgan fingerprint density at radius 2 is 1.88 bits per heavy atom. The molecule has 0 heterocycles. The Balaban J connectivity index is 2.84. The van der Waals surface area contributed by atoms with Crippen molar-refractivity contribution in [2.24, 2.45) is 5.92 Å². The summed E-state index contributed by atoms with van der Waals surface area (Å²) in [6.07, 6.45) is -5.74. The molecule has 0 saturated carbocycles. The lowest BCUT2D eigenvalue weighted by atomic mass is 10.0. The molecule has 6 nitrogen and oxygen atoms in total. The summed E-state index contributed by atoms with van der Waals surface area (Å²) in [6.45, 7) is 3.30. The highest BCUT2D eigenvalue weighted by Gasteiger charge is 2.31. The highest BCUT2D eigenvalue weighted by Crippen LogP contribution is 2.34. The maximum atomic E-state index is 12.7. The second kappa shape index (κ2) is 8.54. The fraction of sp³-hybridized carbons (Fsp3) is 0.571. The maximum absolute atomic E-state index is 12.7. The SMILES string of the molecule is CC(C)C(Nc1ccc(C(F)(F)F)cc1Cl)C(O)NCCS(=O)(=O)O. The highest BCUT2D eigenvalue weighted by atomic mass is 35.5. The number of aliphatic hydroxyl groups excluding tert-OH is 1. The van der Waals surface area contributed by atoms with Crippen molar-refractivity contribution >= 4 is 27.4 Å². The number of benzene rings is 1. The van der Waals surface area contributed by atoms with Gasteiger partial charge < -0.3 is 10.4 Å². The van der Waals surface area contributed by atoms with E-state index in [4.69, 9.17) is 16.2 Å². The van der Waals surface area contributed by atoms with Crippen molar-refractivity contribution in [3.63, 3.8) is 0 Å². The Morgan fingerprint density at radius 3 is 2.32 bits per heavy atom. The van der Waals surface area contributed by atoms with Crippen LogP contribution in [0.5, 0.6) is 0 Å². The molecule has 0 aliphatic carbocycles. The topological polar surface area (TPSA) is 98.7 Å². The lowest BCUT2D eigenvalue weighted by molar-refractivity contribution is -0.137. The van der Waals surface area contributed by atoms with Crippen LogP contribution in [0.4, 0.5) is 18.9 Å². The minimum atomic E-state index is -4.52. The summed E-state index contributed by atoms with van der Waals surface area (Å²) in [5.41, 5.74) is -0.694. The Kier molecular flexibility index (Phi) is 7.51. The van der Waals surface area contributed by atoms with E-state index in [0.717, 1.165) is 18.2 Å². The van der Waals surface area contributed by atoms with Crippen LogP contribution in [-0.4, -0.2) is 42.6 Å². The van der Waals surface area contributed by atoms with E-state index in [1.165, 1.54) is 0 Å². The van der Waals surface area contributed by atoms with E-state index in [0.29, 0.717) is 0 Å². The first-order valence-corrected chi connectivity index (χ1v) is 9.30. The molecule has 0 radical (unpaired) electrons. The van der Waals surface area contributed by atoms with Crippen molar-refractivity contribution in [2.45, 2.75) is 32.3 Å². The van der Waals surface area contributed by atoms with Gasteiger partial charge in [0.1, 0.15) is 6.23 Å². The normalized spacial score (nSPS) is 15.2. The second-order valence-electron chi connectivity index (χ2n) is 5.79. The second-order valence-corrected chi connectivity index (χ2v) is 7.77. The van der Waals surface area contributed by atoms with Crippen molar-refractivity contribution in [2.75, 3.05) is 17.6 Å². The molecule has 4 N–H and O–H groups in total. The molecule has 1 aromatic rings. The summed E-state index contributed by atoms with van der Waals surface area (Å²) < 4.78 is 68.0. The monoisotopic (exact) mass is 404 g/mol. The zero-order valence-corrected chi connectivity index (χ0v) is 15.1. The van der Waals surface area contributed by atoms with Crippen LogP contribution in [0.15, 0.2) is 18.2 Å². The van der Waals surface area contributed by atoms with E-state index in [2.05, 4.69) is 10.6 Å². The molecule has 25 heavy (non-hydrogen) atoms. The van der Waals surface area contributed by atoms with Gasteiger partial charge in [-0.3, -0.25) is 9.87 Å². The molecular weight excluding hydrogens is 385 g/mol. The minimum Gasteiger partial charge on any atom is -0.377 e. The zero-order valence-electron chi connectivity index (χ0n) is 13.5. The molecule has 0 aliphatic heterocycles. The number of hydrogen-bond acceptors (Lipinski definition) is 5. The molecule has 144 valence electrons. The number of anilines is 1. The number of alkyl halides is 3. The molecule has 0 aliphatic rings. The lowest BCUT2D eigenvalue weighted by Crippen LogP contribution is -2.48. The molecule has 2 unspecified atom stereocenters. The van der Waals surface area contributed by atoms with Gasteiger partial charge >= 0.3 is 6.18 Å². The highest BCUT2D eigenvalue weighted by molar-refractivity contribution is 7.85. The summed E-state index contributed by atoms with van der Waals surface area (Å²) in [5, 5.41) is 15.4. The number of hydrogen-bond donors (Lipinski definition) is 4. The molecule has 11 heteroatoms. The molecule has 0 aromatic heterocycles. The molecule has 0 fully saturated rings. The summed E-state index contributed by atoms with van der Waals surface area (Å²) in [5.74, 6) is -0.762. The fourth-order valence-electron chi connectivity index (χ4n) is 2.06. The standard InChI is InChI=1S/C14H20ClF3N2O4S/c1-8(2)12(13(21)19-5-6-25(22,23)24)20-11-4-3-9(7-10(11)15)14(16,17)18/h3-4,7-8,12-13,19-21H,5-6H2,1-2H3,(H,22,23,24). The van der Waals surface area contributed by atoms with Gasteiger partial charge in [0.05, 0.1) is 28.1 Å². The first-order chi connectivity index (χ1) is 11.3. The van der Waals surface area contributed by atoms with E-state index < -0.39 is 39.9 Å². The number of aliphatic hydroxyl groups is 1. The van der Waals surface area contributed by atoms with Crippen molar-refractivity contribution < 1.29 is 31.2 Å². The third-order valence-corrected chi connectivity index (χ3v) is 4.42. The van der Waals surface area contributed by atoms with Crippen molar-refractivity contribution in [3.8, 4) is 0 Å². The summed E-state index contributed by atoms with van der Waals surface area (Å²) in [6, 6.07) is 2.13. The van der Waals surface area contributed by atoms with Crippen LogP contribution in [0.2, 0.25) is 5.02 Å². The molecule has 2 atom stereocenters. The molecule has 1 rings (SSSR count). The van der Waals surface area contributed by atoms with Crippen LogP contribution in [0.1, 0.15) is 19.4 Å². The zero-order chi connectivity index (χ0) is 19.4. The van der Waals surface area contributed by atoms with E-state index in [9.17, 15) is 26.7 Å². The van der Waals surface area contributed by atoms with Crippen LogP contribution in [0, 0.1) is 5.92 Å². The number of halogens is 4. The van der Waals surface area contributed by atoms with Crippen molar-refractivity contribution in [1.29, 1.82) is 0 Å². The number of rotatable bonds is 8. The third kappa shape index (κ3) is 7.37. The van der Waals surface area contributed by atoms with Gasteiger partial charge in [-0.15, -0.1) is 0 Å². The van der Waals surface area contributed by atoms with Gasteiger partial charge in [0.25, 0.3) is 10.1 Å². The van der Waals surface area contributed by atoms with E-state index in [-0.39, 0.29) is 23.2 Å². The van der Waals surface area contributed by atoms with Crippen LogP contribution >= 0.6 is 11.6 Å². The third-order valence-electron chi connectivity index (χ3n) is 3.39. The van der Waals surface area contributed by atoms with Gasteiger partial charge in [0.15, 0.2) is 0 Å². The van der Waals surface area contributed by atoms with E-state index >= 15 is 0 Å². The Bertz CT molecular complexity index is 683. The largest absolute Gasteiger partial charge is 0.416 e. The average Bonchev–Trinajstić information content (AvgIpc) is 2.42. The van der Waals surface area contributed by atoms with E-state index in [1.54, 1.807) is 13.8 Å². The van der Waals surface area contributed by atoms with E-state index in [1.807, 2.05) is 0 Å². The van der Waals surface area contributed by atoms with Gasteiger partial charge in [0, 0.05) is 6.54 Å². The first kappa shape index (κ1) is 22.0. The summed E-state index contributed by atoms with van der Waals surface area (Å²) >= 11 is 5.88. The fourth-order valence-corrected chi connectivity index (χ4v) is 2.67. The molecule has 1 aromatic carbocycles. The Morgan fingerprint density at radius 1 is 1.28 bits per heavy atom. The van der Waals surface area contributed by atoms with Gasteiger partial charge in [0.2, 0.25) is 0 Å². The predicted octanol–water partition coefficient (Wildman–Crippen LogP) is 2.59. The Hall–Kier alpha value is -1.07. The van der Waals surface area contributed by atoms with Crippen LogP contribution in [0.25, 0.3) is 0 Å². The maximum Gasteiger partial charge on any atom is 0.416 e. The van der Waals surface area contributed by atoms with Gasteiger partial charge in [-0.05, 0) is 24.1 Å². The summed E-state index contributed by atoms with van der Waals surface area (Å²) in [4.78, 5) is 0. The van der Waals surface area contributed by atoms with Gasteiger partial charge in [-0.1, -0.05) is 25.4 Å². The smallest absolute Gasteiger partial charge is 0.377 e. The summed E-state index contributed by atoms with van der Waals surface area (Å²) in [7, 11) is -4.17. The average molecular weight is 405 g/mol. The van der Waals surface area contributed by atoms with Crippen LogP contribution in [-0.2, 0) is 16.3 Å². The van der Waals surface area contributed by atoms with Gasteiger partial charge in [-0.2, -0.15) is 21.6 Å². The van der Waals surface area contributed by atoms with Gasteiger partial charge in [-0.25, -0.2) is 0 Å². The molecular formula is C14H20ClF3N2O4S. The molecule has 0 spiro atoms. The number of nitrogens with one attached hydrogen (secondary N) is 2. The predicted molar refractivity (Wildman–Crippen MR) is 89.1 cm³/mol. The molecule has 0 saturated heterocycles. The minimum absolute atomic E-state index is 0.161. The lowest BCUT2D eigenvalue weighted by Gasteiger charge is -2.29. The van der Waals surface area contributed by atoms with Crippen molar-refractivity contribution in [3.05, 3.63) is 28.8 Å².